The first kappa shape index (κ1) is 19.4. The highest BCUT2D eigenvalue weighted by atomic mass is 16.5. The number of carbonyl (C=O) groups is 2. The van der Waals surface area contributed by atoms with Crippen LogP contribution in [0.5, 0.6) is 5.75 Å². The summed E-state index contributed by atoms with van der Waals surface area (Å²) >= 11 is 0. The number of esters is 1. The van der Waals surface area contributed by atoms with Gasteiger partial charge in [0.1, 0.15) is 23.1 Å². The van der Waals surface area contributed by atoms with Crippen molar-refractivity contribution in [2.45, 2.75) is 19.4 Å². The molecule has 30 heavy (non-hydrogen) atoms. The van der Waals surface area contributed by atoms with Crippen LogP contribution >= 0.6 is 0 Å². The van der Waals surface area contributed by atoms with E-state index in [2.05, 4.69) is 5.10 Å². The lowest BCUT2D eigenvalue weighted by Crippen LogP contribution is -2.31. The lowest BCUT2D eigenvalue weighted by Gasteiger charge is -2.19. The van der Waals surface area contributed by atoms with Gasteiger partial charge in [-0.1, -0.05) is 42.0 Å². The summed E-state index contributed by atoms with van der Waals surface area (Å²) in [6.07, 6.45) is 2.02. The Morgan fingerprint density at radius 1 is 1.13 bits per heavy atom. The maximum absolute atomic E-state index is 12.8. The summed E-state index contributed by atoms with van der Waals surface area (Å²) in [6.45, 7) is 1.50. The molecule has 2 aromatic carbocycles. The van der Waals surface area contributed by atoms with Crippen LogP contribution in [0.4, 0.5) is 0 Å². The molecule has 0 spiro atoms. The number of furan rings is 1. The van der Waals surface area contributed by atoms with Crippen molar-refractivity contribution in [2.24, 2.45) is 5.10 Å². The molecule has 0 radical (unpaired) electrons. The molecule has 0 saturated carbocycles. The highest BCUT2D eigenvalue weighted by Crippen LogP contribution is 2.33. The fourth-order valence-corrected chi connectivity index (χ4v) is 3.28. The first-order valence-electron chi connectivity index (χ1n) is 9.48. The van der Waals surface area contributed by atoms with E-state index < -0.39 is 24.5 Å². The fourth-order valence-electron chi connectivity index (χ4n) is 3.28. The Bertz CT molecular complexity index is 1090. The minimum atomic E-state index is -0.780. The Morgan fingerprint density at radius 2 is 1.90 bits per heavy atom. The minimum absolute atomic E-state index is 0.00171. The number of hydrazone groups is 1. The Hall–Kier alpha value is -3.87. The normalized spacial score (nSPS) is 15.7. The predicted molar refractivity (Wildman–Crippen MR) is 109 cm³/mol. The summed E-state index contributed by atoms with van der Waals surface area (Å²) in [4.78, 5) is 25.0. The zero-order valence-electron chi connectivity index (χ0n) is 16.3. The van der Waals surface area contributed by atoms with Crippen molar-refractivity contribution < 1.29 is 23.8 Å². The van der Waals surface area contributed by atoms with Gasteiger partial charge >= 0.3 is 5.97 Å². The number of hydrogen-bond acceptors (Lipinski definition) is 6. The Balaban J connectivity index is 1.52. The van der Waals surface area contributed by atoms with Crippen LogP contribution in [-0.4, -0.2) is 34.3 Å². The van der Waals surface area contributed by atoms with Crippen molar-refractivity contribution in [3.8, 4) is 5.75 Å². The number of nitrogens with zero attached hydrogens (tertiary/aromatic N) is 2. The van der Waals surface area contributed by atoms with Gasteiger partial charge in [0.05, 0.1) is 12.0 Å². The van der Waals surface area contributed by atoms with Crippen LogP contribution in [0.25, 0.3) is 0 Å². The van der Waals surface area contributed by atoms with Crippen molar-refractivity contribution in [1.82, 2.24) is 5.01 Å². The first-order chi connectivity index (χ1) is 14.5. The summed E-state index contributed by atoms with van der Waals surface area (Å²) in [7, 11) is 0. The van der Waals surface area contributed by atoms with Crippen molar-refractivity contribution in [3.63, 3.8) is 0 Å². The second kappa shape index (κ2) is 8.24. The van der Waals surface area contributed by atoms with Crippen molar-refractivity contribution in [2.75, 3.05) is 6.61 Å². The molecule has 0 aliphatic carbocycles. The third-order valence-electron chi connectivity index (χ3n) is 4.87. The molecule has 1 aliphatic heterocycles. The zero-order valence-corrected chi connectivity index (χ0v) is 16.3. The second-order valence-corrected chi connectivity index (χ2v) is 6.98. The summed E-state index contributed by atoms with van der Waals surface area (Å²) in [5.74, 6) is -0.870. The van der Waals surface area contributed by atoms with Crippen LogP contribution in [-0.2, 0) is 9.53 Å². The molecule has 152 valence electrons. The molecular weight excluding hydrogens is 384 g/mol. The number of hydrogen-bond donors (Lipinski definition) is 1. The number of amides is 1. The molecule has 1 aromatic heterocycles. The van der Waals surface area contributed by atoms with Gasteiger partial charge in [0.15, 0.2) is 6.61 Å². The number of benzene rings is 2. The number of aryl methyl sites for hydroxylation is 1. The molecule has 7 nitrogen and oxygen atoms in total. The third kappa shape index (κ3) is 3.96. The Morgan fingerprint density at radius 3 is 2.60 bits per heavy atom. The standard InChI is InChI=1S/C23H20N2O5/c1-15-8-10-16(11-9-15)18-13-19(21-7-4-12-29-21)25(24-18)22(27)14-30-23(28)17-5-2-3-6-20(17)26/h2-12,19,26H,13-14H2,1H3. The molecule has 1 N–H and O–H groups in total. The molecule has 1 amide bonds. The topological polar surface area (TPSA) is 92.3 Å². The van der Waals surface area contributed by atoms with E-state index in [-0.39, 0.29) is 11.3 Å². The van der Waals surface area contributed by atoms with Gasteiger partial charge in [-0.25, -0.2) is 9.80 Å². The quantitative estimate of drug-likeness (QED) is 0.653. The van der Waals surface area contributed by atoms with Crippen LogP contribution in [0.15, 0.2) is 76.4 Å². The zero-order chi connectivity index (χ0) is 21.1. The van der Waals surface area contributed by atoms with E-state index in [1.165, 1.54) is 17.1 Å². The van der Waals surface area contributed by atoms with Crippen molar-refractivity contribution in [1.29, 1.82) is 0 Å². The highest BCUT2D eigenvalue weighted by molar-refractivity contribution is 6.03. The van der Waals surface area contributed by atoms with E-state index in [1.54, 1.807) is 30.5 Å². The maximum atomic E-state index is 12.8. The number of phenolic OH excluding ortho intramolecular Hbond substituents is 1. The van der Waals surface area contributed by atoms with Crippen molar-refractivity contribution in [3.05, 3.63) is 89.4 Å². The van der Waals surface area contributed by atoms with E-state index >= 15 is 0 Å². The summed E-state index contributed by atoms with van der Waals surface area (Å²) in [5, 5.41) is 15.6. The summed E-state index contributed by atoms with van der Waals surface area (Å²) < 4.78 is 10.6. The van der Waals surface area contributed by atoms with E-state index in [1.807, 2.05) is 31.2 Å². The average Bonchev–Trinajstić information content (AvgIpc) is 3.42. The van der Waals surface area contributed by atoms with Gasteiger partial charge in [0, 0.05) is 6.42 Å². The fraction of sp³-hybridized carbons (Fsp3) is 0.174. The van der Waals surface area contributed by atoms with Crippen LogP contribution in [0, 0.1) is 6.92 Å². The number of rotatable bonds is 5. The molecule has 3 aromatic rings. The largest absolute Gasteiger partial charge is 0.507 e. The van der Waals surface area contributed by atoms with Crippen LogP contribution in [0.3, 0.4) is 0 Å². The van der Waals surface area contributed by atoms with Gasteiger partial charge in [-0.15, -0.1) is 0 Å². The van der Waals surface area contributed by atoms with Gasteiger partial charge in [-0.3, -0.25) is 4.79 Å². The van der Waals surface area contributed by atoms with E-state index in [4.69, 9.17) is 9.15 Å². The molecule has 0 fully saturated rings. The van der Waals surface area contributed by atoms with Crippen LogP contribution in [0.1, 0.15) is 39.7 Å². The Kier molecular flexibility index (Phi) is 5.34. The lowest BCUT2D eigenvalue weighted by atomic mass is 10.0. The first-order valence-corrected chi connectivity index (χ1v) is 9.48. The molecule has 4 rings (SSSR count). The number of phenols is 1. The van der Waals surface area contributed by atoms with E-state index in [0.29, 0.717) is 12.2 Å². The monoisotopic (exact) mass is 404 g/mol. The molecule has 1 aliphatic rings. The van der Waals surface area contributed by atoms with Gasteiger partial charge in [-0.2, -0.15) is 5.10 Å². The summed E-state index contributed by atoms with van der Waals surface area (Å²) in [5.41, 5.74) is 2.79. The van der Waals surface area contributed by atoms with E-state index in [0.717, 1.165) is 16.8 Å². The smallest absolute Gasteiger partial charge is 0.342 e. The number of ether oxygens (including phenoxy) is 1. The molecule has 1 unspecified atom stereocenters. The SMILES string of the molecule is Cc1ccc(C2=NN(C(=O)COC(=O)c3ccccc3O)C(c3ccco3)C2)cc1. The van der Waals surface area contributed by atoms with Crippen molar-refractivity contribution >= 4 is 17.6 Å². The number of carbonyl (C=O) groups excluding carboxylic acids is 2. The third-order valence-corrected chi connectivity index (χ3v) is 4.87. The summed E-state index contributed by atoms with van der Waals surface area (Å²) in [6, 6.07) is 17.0. The van der Waals surface area contributed by atoms with E-state index in [9.17, 15) is 14.7 Å². The van der Waals surface area contributed by atoms with Crippen LogP contribution in [0.2, 0.25) is 0 Å². The maximum Gasteiger partial charge on any atom is 0.342 e. The van der Waals surface area contributed by atoms with Gasteiger partial charge < -0.3 is 14.3 Å². The van der Waals surface area contributed by atoms with Gasteiger partial charge in [-0.05, 0) is 36.8 Å². The van der Waals surface area contributed by atoms with Crippen LogP contribution < -0.4 is 0 Å². The molecule has 0 bridgehead atoms. The number of aromatic hydroxyl groups is 1. The molecule has 2 heterocycles. The lowest BCUT2D eigenvalue weighted by molar-refractivity contribution is -0.136. The highest BCUT2D eigenvalue weighted by Gasteiger charge is 2.35. The Labute approximate surface area is 173 Å². The molecular formula is C23H20N2O5. The molecule has 7 heteroatoms. The number of para-hydroxylation sites is 1. The average molecular weight is 404 g/mol. The second-order valence-electron chi connectivity index (χ2n) is 6.98. The molecule has 1 atom stereocenters. The molecule has 0 saturated heterocycles. The van der Waals surface area contributed by atoms with Gasteiger partial charge in [0.25, 0.3) is 5.91 Å². The minimum Gasteiger partial charge on any atom is -0.507 e. The predicted octanol–water partition coefficient (Wildman–Crippen LogP) is 3.83. The van der Waals surface area contributed by atoms with Gasteiger partial charge in [0.2, 0.25) is 0 Å².